The number of aliphatic hydroxyl groups is 1. The number of rotatable bonds is 3. The van der Waals surface area contributed by atoms with Crippen molar-refractivity contribution in [3.8, 4) is 0 Å². The monoisotopic (exact) mass is 200 g/mol. The van der Waals surface area contributed by atoms with Crippen LogP contribution in [0.15, 0.2) is 12.3 Å². The number of β-amino-alcohol motifs (C(OH)–C–C–N with tert-alkyl or cyclic N) is 1. The van der Waals surface area contributed by atoms with Crippen molar-refractivity contribution in [3.05, 3.63) is 12.3 Å². The summed E-state index contributed by atoms with van der Waals surface area (Å²) in [5.41, 5.74) is 3.47. The predicted molar refractivity (Wildman–Crippen MR) is 47.1 cm³/mol. The molecule has 78 valence electrons. The molecule has 1 atom stereocenters. The molecule has 6 heteroatoms. The van der Waals surface area contributed by atoms with E-state index in [4.69, 9.17) is 10.8 Å². The summed E-state index contributed by atoms with van der Waals surface area (Å²) < 4.78 is 0. The van der Waals surface area contributed by atoms with Gasteiger partial charge in [-0.3, -0.25) is 4.79 Å². The number of carboxylic acid groups (broad SMARTS) is 1. The number of nitrogens with two attached hydrogens (primary N) is 1. The van der Waals surface area contributed by atoms with Gasteiger partial charge in [-0.15, -0.1) is 0 Å². The number of carbonyl (C=O) groups is 2. The van der Waals surface area contributed by atoms with Gasteiger partial charge in [0.1, 0.15) is 0 Å². The van der Waals surface area contributed by atoms with Crippen LogP contribution < -0.4 is 5.73 Å². The lowest BCUT2D eigenvalue weighted by Gasteiger charge is -2.18. The minimum Gasteiger partial charge on any atom is -0.478 e. The fourth-order valence-electron chi connectivity index (χ4n) is 1.32. The lowest BCUT2D eigenvalue weighted by Crippen LogP contribution is -2.45. The number of hydrogen-bond acceptors (Lipinski definition) is 4. The Bertz CT molecular complexity index is 289. The van der Waals surface area contributed by atoms with E-state index in [9.17, 15) is 14.7 Å². The quantitative estimate of drug-likeness (QED) is 0.481. The second-order valence-electron chi connectivity index (χ2n) is 3.27. The van der Waals surface area contributed by atoms with Crippen LogP contribution in [0, 0.1) is 0 Å². The zero-order valence-corrected chi connectivity index (χ0v) is 7.51. The van der Waals surface area contributed by atoms with Crippen molar-refractivity contribution in [2.45, 2.75) is 12.0 Å². The normalized spacial score (nSPS) is 27.1. The highest BCUT2D eigenvalue weighted by Gasteiger charge is 2.40. The van der Waals surface area contributed by atoms with E-state index in [1.807, 2.05) is 0 Å². The van der Waals surface area contributed by atoms with Crippen molar-refractivity contribution >= 4 is 11.9 Å². The van der Waals surface area contributed by atoms with E-state index in [-0.39, 0.29) is 13.0 Å². The van der Waals surface area contributed by atoms with Crippen molar-refractivity contribution in [3.63, 3.8) is 0 Å². The van der Waals surface area contributed by atoms with Gasteiger partial charge in [-0.2, -0.15) is 0 Å². The Kier molecular flexibility index (Phi) is 2.76. The van der Waals surface area contributed by atoms with E-state index < -0.39 is 17.5 Å². The molecule has 14 heavy (non-hydrogen) atoms. The molecule has 0 aromatic carbocycles. The van der Waals surface area contributed by atoms with Gasteiger partial charge < -0.3 is 20.8 Å². The summed E-state index contributed by atoms with van der Waals surface area (Å²) in [6.07, 6.45) is 2.50. The summed E-state index contributed by atoms with van der Waals surface area (Å²) >= 11 is 0. The number of aliphatic carboxylic acids is 1. The van der Waals surface area contributed by atoms with Crippen molar-refractivity contribution in [1.82, 2.24) is 4.90 Å². The molecule has 0 aromatic heterocycles. The van der Waals surface area contributed by atoms with E-state index >= 15 is 0 Å². The van der Waals surface area contributed by atoms with Gasteiger partial charge in [0.25, 0.3) is 5.91 Å². The molecule has 0 bridgehead atoms. The first kappa shape index (κ1) is 10.5. The van der Waals surface area contributed by atoms with Crippen LogP contribution in [-0.2, 0) is 9.59 Å². The number of likely N-dealkylation sites (tertiary alicyclic amines) is 1. The maximum Gasteiger partial charge on any atom is 0.329 e. The fraction of sp³-hybridized carbons (Fsp3) is 0.500. The number of amides is 1. The van der Waals surface area contributed by atoms with Gasteiger partial charge in [0.05, 0.1) is 6.54 Å². The number of carbonyl (C=O) groups excluding carboxylic acids is 1. The molecule has 1 unspecified atom stereocenters. The number of hydrogen-bond donors (Lipinski definition) is 3. The molecular weight excluding hydrogens is 188 g/mol. The highest BCUT2D eigenvalue weighted by atomic mass is 16.4. The Morgan fingerprint density at radius 3 is 2.57 bits per heavy atom. The Morgan fingerprint density at radius 1 is 1.50 bits per heavy atom. The van der Waals surface area contributed by atoms with E-state index in [1.54, 1.807) is 4.90 Å². The van der Waals surface area contributed by atoms with Crippen LogP contribution in [0.4, 0.5) is 0 Å². The van der Waals surface area contributed by atoms with Gasteiger partial charge >= 0.3 is 5.97 Å². The van der Waals surface area contributed by atoms with Crippen molar-refractivity contribution in [2.24, 2.45) is 5.73 Å². The van der Waals surface area contributed by atoms with Crippen LogP contribution in [0.1, 0.15) is 6.42 Å². The van der Waals surface area contributed by atoms with Crippen LogP contribution in [0.5, 0.6) is 0 Å². The zero-order chi connectivity index (χ0) is 10.8. The molecule has 0 aliphatic carbocycles. The first-order valence-electron chi connectivity index (χ1n) is 4.11. The minimum atomic E-state index is -1.52. The summed E-state index contributed by atoms with van der Waals surface area (Å²) in [4.78, 5) is 22.5. The largest absolute Gasteiger partial charge is 0.478 e. The molecule has 0 saturated carbocycles. The minimum absolute atomic E-state index is 0.0477. The molecule has 0 radical (unpaired) electrons. The highest BCUT2D eigenvalue weighted by molar-refractivity contribution is 5.84. The third kappa shape index (κ3) is 2.23. The van der Waals surface area contributed by atoms with Crippen molar-refractivity contribution in [2.75, 3.05) is 13.1 Å². The van der Waals surface area contributed by atoms with Gasteiger partial charge in [0, 0.05) is 25.2 Å². The van der Waals surface area contributed by atoms with Crippen LogP contribution in [0.3, 0.4) is 0 Å². The Hall–Kier alpha value is -1.56. The average Bonchev–Trinajstić information content (AvgIpc) is 2.45. The van der Waals surface area contributed by atoms with Gasteiger partial charge in [-0.25, -0.2) is 4.79 Å². The summed E-state index contributed by atoms with van der Waals surface area (Å²) in [5.74, 6) is -1.84. The topological polar surface area (TPSA) is 104 Å². The molecule has 1 rings (SSSR count). The second-order valence-corrected chi connectivity index (χ2v) is 3.27. The number of carboxylic acids is 1. The van der Waals surface area contributed by atoms with Crippen LogP contribution in [0.25, 0.3) is 0 Å². The summed E-state index contributed by atoms with van der Waals surface area (Å²) in [5, 5.41) is 18.0. The van der Waals surface area contributed by atoms with Crippen LogP contribution in [0.2, 0.25) is 0 Å². The van der Waals surface area contributed by atoms with E-state index in [0.717, 1.165) is 6.08 Å². The molecule has 4 N–H and O–H groups in total. The lowest BCUT2D eigenvalue weighted by atomic mass is 10.0. The Labute approximate surface area is 80.6 Å². The summed E-state index contributed by atoms with van der Waals surface area (Å²) in [7, 11) is 0. The first-order chi connectivity index (χ1) is 6.44. The molecule has 6 nitrogen and oxygen atoms in total. The SMILES string of the molecule is NC(=O)C1(O)CCN(/C=C/C(=O)O)C1. The maximum absolute atomic E-state index is 10.8. The lowest BCUT2D eigenvalue weighted by molar-refractivity contribution is -0.134. The molecule has 1 heterocycles. The molecular formula is C8H12N2O4. The van der Waals surface area contributed by atoms with Gasteiger partial charge in [0.2, 0.25) is 0 Å². The summed E-state index contributed by atoms with van der Waals surface area (Å²) in [6, 6.07) is 0. The van der Waals surface area contributed by atoms with E-state index in [0.29, 0.717) is 6.54 Å². The molecule has 0 spiro atoms. The molecule has 1 aliphatic heterocycles. The summed E-state index contributed by atoms with van der Waals surface area (Å²) in [6.45, 7) is 0.468. The molecule has 1 amide bonds. The third-order valence-corrected chi connectivity index (χ3v) is 2.16. The standard InChI is InChI=1S/C8H12N2O4/c9-7(13)8(14)2-4-10(5-8)3-1-6(11)12/h1,3,14H,2,4-5H2,(H2,9,13)(H,11,12)/b3-1+. The number of primary amides is 1. The molecule has 1 saturated heterocycles. The fourth-order valence-corrected chi connectivity index (χ4v) is 1.32. The maximum atomic E-state index is 10.8. The van der Waals surface area contributed by atoms with E-state index in [2.05, 4.69) is 0 Å². The van der Waals surface area contributed by atoms with Crippen LogP contribution >= 0.6 is 0 Å². The van der Waals surface area contributed by atoms with Gasteiger partial charge in [-0.1, -0.05) is 0 Å². The molecule has 1 fully saturated rings. The van der Waals surface area contributed by atoms with Crippen LogP contribution in [-0.4, -0.2) is 45.7 Å². The molecule has 0 aromatic rings. The molecule has 1 aliphatic rings. The highest BCUT2D eigenvalue weighted by Crippen LogP contribution is 2.20. The first-order valence-corrected chi connectivity index (χ1v) is 4.11. The predicted octanol–water partition coefficient (Wildman–Crippen LogP) is -1.49. The van der Waals surface area contributed by atoms with E-state index in [1.165, 1.54) is 6.20 Å². The zero-order valence-electron chi connectivity index (χ0n) is 7.51. The number of nitrogens with zero attached hydrogens (tertiary/aromatic N) is 1. The Morgan fingerprint density at radius 2 is 2.14 bits per heavy atom. The van der Waals surface area contributed by atoms with Gasteiger partial charge in [-0.05, 0) is 0 Å². The van der Waals surface area contributed by atoms with Crippen molar-refractivity contribution in [1.29, 1.82) is 0 Å². The Balaban J connectivity index is 2.57. The smallest absolute Gasteiger partial charge is 0.329 e. The van der Waals surface area contributed by atoms with Gasteiger partial charge in [0.15, 0.2) is 5.60 Å². The van der Waals surface area contributed by atoms with Crippen molar-refractivity contribution < 1.29 is 19.8 Å². The average molecular weight is 200 g/mol. The third-order valence-electron chi connectivity index (χ3n) is 2.16. The second kappa shape index (κ2) is 3.67.